The van der Waals surface area contributed by atoms with Crippen LogP contribution in [-0.2, 0) is 16.0 Å². The van der Waals surface area contributed by atoms with Crippen LogP contribution in [0.5, 0.6) is 0 Å². The molecule has 0 radical (unpaired) electrons. The summed E-state index contributed by atoms with van der Waals surface area (Å²) in [4.78, 5) is 23.4. The van der Waals surface area contributed by atoms with Gasteiger partial charge in [0.15, 0.2) is 0 Å². The Labute approximate surface area is 118 Å². The number of hydrogen-bond acceptors (Lipinski definition) is 3. The van der Waals surface area contributed by atoms with Crippen LogP contribution >= 0.6 is 0 Å². The molecule has 1 unspecified atom stereocenters. The van der Waals surface area contributed by atoms with Crippen LogP contribution in [0.15, 0.2) is 30.3 Å². The Morgan fingerprint density at radius 3 is 2.35 bits per heavy atom. The summed E-state index contributed by atoms with van der Waals surface area (Å²) in [7, 11) is 0. The van der Waals surface area contributed by atoms with Crippen LogP contribution in [0.2, 0.25) is 0 Å². The molecule has 0 aromatic heterocycles. The Bertz CT molecular complexity index is 433. The van der Waals surface area contributed by atoms with Crippen molar-refractivity contribution in [1.82, 2.24) is 4.90 Å². The SMILES string of the molecule is CC(C(=O)O)N(CCCc1ccccc1)CCC(=O)O. The third-order valence-corrected chi connectivity index (χ3v) is 3.27. The van der Waals surface area contributed by atoms with E-state index in [2.05, 4.69) is 0 Å². The number of rotatable bonds is 9. The highest BCUT2D eigenvalue weighted by molar-refractivity contribution is 5.73. The molecule has 1 rings (SSSR count). The van der Waals surface area contributed by atoms with Crippen LogP contribution in [0.3, 0.4) is 0 Å². The number of carbonyl (C=O) groups is 2. The van der Waals surface area contributed by atoms with E-state index in [1.165, 1.54) is 5.56 Å². The predicted molar refractivity (Wildman–Crippen MR) is 75.7 cm³/mol. The van der Waals surface area contributed by atoms with Crippen molar-refractivity contribution in [3.63, 3.8) is 0 Å². The fourth-order valence-corrected chi connectivity index (χ4v) is 2.03. The molecule has 0 amide bonds. The Balaban J connectivity index is 2.47. The zero-order chi connectivity index (χ0) is 15.0. The molecule has 0 aliphatic rings. The molecule has 1 atom stereocenters. The zero-order valence-corrected chi connectivity index (χ0v) is 11.7. The molecule has 1 aromatic rings. The van der Waals surface area contributed by atoms with Gasteiger partial charge in [-0.25, -0.2) is 0 Å². The van der Waals surface area contributed by atoms with E-state index in [1.807, 2.05) is 30.3 Å². The number of carboxylic acid groups (broad SMARTS) is 2. The molecule has 0 aliphatic carbocycles. The lowest BCUT2D eigenvalue weighted by molar-refractivity contribution is -0.144. The molecule has 20 heavy (non-hydrogen) atoms. The third-order valence-electron chi connectivity index (χ3n) is 3.27. The minimum Gasteiger partial charge on any atom is -0.481 e. The Hall–Kier alpha value is -1.88. The van der Waals surface area contributed by atoms with Crippen molar-refractivity contribution in [2.75, 3.05) is 13.1 Å². The molecule has 0 saturated heterocycles. The monoisotopic (exact) mass is 279 g/mol. The molecular weight excluding hydrogens is 258 g/mol. The van der Waals surface area contributed by atoms with E-state index < -0.39 is 18.0 Å². The normalized spacial score (nSPS) is 12.3. The Morgan fingerprint density at radius 1 is 1.15 bits per heavy atom. The van der Waals surface area contributed by atoms with Crippen molar-refractivity contribution in [3.8, 4) is 0 Å². The maximum Gasteiger partial charge on any atom is 0.320 e. The van der Waals surface area contributed by atoms with Gasteiger partial charge in [0.2, 0.25) is 0 Å². The molecule has 1 aromatic carbocycles. The molecule has 5 heteroatoms. The van der Waals surface area contributed by atoms with Gasteiger partial charge in [-0.1, -0.05) is 30.3 Å². The summed E-state index contributed by atoms with van der Waals surface area (Å²) >= 11 is 0. The summed E-state index contributed by atoms with van der Waals surface area (Å²) in [5.74, 6) is -1.83. The first kappa shape index (κ1) is 16.2. The lowest BCUT2D eigenvalue weighted by atomic mass is 10.1. The fraction of sp³-hybridized carbons (Fsp3) is 0.467. The van der Waals surface area contributed by atoms with Crippen molar-refractivity contribution >= 4 is 11.9 Å². The Morgan fingerprint density at radius 2 is 1.80 bits per heavy atom. The number of aliphatic carboxylic acids is 2. The molecule has 110 valence electrons. The van der Waals surface area contributed by atoms with Crippen molar-refractivity contribution < 1.29 is 19.8 Å². The Kier molecular flexibility index (Phi) is 6.73. The predicted octanol–water partition coefficient (Wildman–Crippen LogP) is 1.87. The van der Waals surface area contributed by atoms with Gasteiger partial charge in [0.1, 0.15) is 6.04 Å². The van der Waals surface area contributed by atoms with E-state index in [4.69, 9.17) is 10.2 Å². The van der Waals surface area contributed by atoms with E-state index >= 15 is 0 Å². The largest absolute Gasteiger partial charge is 0.481 e. The molecule has 0 saturated carbocycles. The van der Waals surface area contributed by atoms with Crippen molar-refractivity contribution in [1.29, 1.82) is 0 Å². The van der Waals surface area contributed by atoms with Gasteiger partial charge in [0, 0.05) is 6.54 Å². The van der Waals surface area contributed by atoms with Crippen LogP contribution < -0.4 is 0 Å². The third kappa shape index (κ3) is 5.84. The van der Waals surface area contributed by atoms with E-state index in [1.54, 1.807) is 11.8 Å². The van der Waals surface area contributed by atoms with Crippen molar-refractivity contribution in [3.05, 3.63) is 35.9 Å². The molecule has 5 nitrogen and oxygen atoms in total. The maximum atomic E-state index is 11.0. The second-order valence-electron chi connectivity index (χ2n) is 4.78. The lowest BCUT2D eigenvalue weighted by Crippen LogP contribution is -2.41. The van der Waals surface area contributed by atoms with E-state index in [0.29, 0.717) is 6.54 Å². The van der Waals surface area contributed by atoms with Gasteiger partial charge in [0.05, 0.1) is 6.42 Å². The topological polar surface area (TPSA) is 77.8 Å². The molecular formula is C15H21NO4. The zero-order valence-electron chi connectivity index (χ0n) is 11.7. The highest BCUT2D eigenvalue weighted by Crippen LogP contribution is 2.07. The number of nitrogens with zero attached hydrogens (tertiary/aromatic N) is 1. The summed E-state index contributed by atoms with van der Waals surface area (Å²) in [6.07, 6.45) is 1.63. The van der Waals surface area contributed by atoms with Crippen LogP contribution in [0, 0.1) is 0 Å². The number of carboxylic acids is 2. The summed E-state index contributed by atoms with van der Waals surface area (Å²) in [5.41, 5.74) is 1.20. The maximum absolute atomic E-state index is 11.0. The summed E-state index contributed by atoms with van der Waals surface area (Å²) in [6.45, 7) is 2.43. The summed E-state index contributed by atoms with van der Waals surface area (Å²) < 4.78 is 0. The average molecular weight is 279 g/mol. The van der Waals surface area contributed by atoms with Crippen LogP contribution in [0.1, 0.15) is 25.3 Å². The standard InChI is InChI=1S/C15H21NO4/c1-12(15(19)20)16(11-9-14(17)18)10-5-8-13-6-3-2-4-7-13/h2-4,6-7,12H,5,8-11H2,1H3,(H,17,18)(H,19,20). The van der Waals surface area contributed by atoms with Gasteiger partial charge < -0.3 is 10.2 Å². The smallest absolute Gasteiger partial charge is 0.320 e. The summed E-state index contributed by atoms with van der Waals surface area (Å²) in [6, 6.07) is 9.29. The van der Waals surface area contributed by atoms with E-state index in [-0.39, 0.29) is 13.0 Å². The van der Waals surface area contributed by atoms with E-state index in [9.17, 15) is 9.59 Å². The van der Waals surface area contributed by atoms with Gasteiger partial charge in [-0.2, -0.15) is 0 Å². The quantitative estimate of drug-likeness (QED) is 0.721. The number of aryl methyl sites for hydroxylation is 1. The van der Waals surface area contributed by atoms with Crippen molar-refractivity contribution in [2.24, 2.45) is 0 Å². The highest BCUT2D eigenvalue weighted by atomic mass is 16.4. The molecule has 0 aliphatic heterocycles. The number of benzene rings is 1. The first-order valence-corrected chi connectivity index (χ1v) is 6.73. The van der Waals surface area contributed by atoms with Crippen molar-refractivity contribution in [2.45, 2.75) is 32.2 Å². The minimum atomic E-state index is -0.921. The number of hydrogen-bond donors (Lipinski definition) is 2. The van der Waals surface area contributed by atoms with Gasteiger partial charge in [0.25, 0.3) is 0 Å². The van der Waals surface area contributed by atoms with Crippen LogP contribution in [0.25, 0.3) is 0 Å². The lowest BCUT2D eigenvalue weighted by Gasteiger charge is -2.25. The molecule has 0 fully saturated rings. The second kappa shape index (κ2) is 8.32. The van der Waals surface area contributed by atoms with Gasteiger partial charge >= 0.3 is 11.9 Å². The second-order valence-corrected chi connectivity index (χ2v) is 4.78. The summed E-state index contributed by atoms with van der Waals surface area (Å²) in [5, 5.41) is 17.8. The average Bonchev–Trinajstić information content (AvgIpc) is 2.42. The minimum absolute atomic E-state index is 0.0387. The first-order chi connectivity index (χ1) is 9.50. The highest BCUT2D eigenvalue weighted by Gasteiger charge is 2.20. The van der Waals surface area contributed by atoms with Gasteiger partial charge in [-0.15, -0.1) is 0 Å². The van der Waals surface area contributed by atoms with Gasteiger partial charge in [-0.3, -0.25) is 14.5 Å². The molecule has 2 N–H and O–H groups in total. The van der Waals surface area contributed by atoms with Crippen LogP contribution in [0.4, 0.5) is 0 Å². The van der Waals surface area contributed by atoms with Crippen LogP contribution in [-0.4, -0.2) is 46.2 Å². The molecule has 0 heterocycles. The fourth-order valence-electron chi connectivity index (χ4n) is 2.03. The molecule has 0 bridgehead atoms. The first-order valence-electron chi connectivity index (χ1n) is 6.73. The molecule has 0 spiro atoms. The van der Waals surface area contributed by atoms with E-state index in [0.717, 1.165) is 12.8 Å². The van der Waals surface area contributed by atoms with Gasteiger partial charge in [-0.05, 0) is 31.9 Å².